The molecule has 104 valence electrons. The van der Waals surface area contributed by atoms with Gasteiger partial charge in [-0.3, -0.25) is 4.79 Å². The average molecular weight is 265 g/mol. The van der Waals surface area contributed by atoms with Crippen LogP contribution in [0.4, 0.5) is 5.95 Å². The Hall–Kier alpha value is -1.73. The van der Waals surface area contributed by atoms with Crippen LogP contribution in [0.1, 0.15) is 5.56 Å². The molecule has 1 aromatic heterocycles. The van der Waals surface area contributed by atoms with Crippen LogP contribution in [0, 0.1) is 0 Å². The van der Waals surface area contributed by atoms with E-state index in [9.17, 15) is 4.79 Å². The van der Waals surface area contributed by atoms with Crippen LogP contribution in [-0.4, -0.2) is 55.8 Å². The smallest absolute Gasteiger partial charge is 0.244 e. The van der Waals surface area contributed by atoms with E-state index in [0.29, 0.717) is 25.7 Å². The number of morpholine rings is 1. The van der Waals surface area contributed by atoms with Crippen molar-refractivity contribution in [2.45, 2.75) is 12.6 Å². The third-order valence-electron chi connectivity index (χ3n) is 3.01. The topological polar surface area (TPSA) is 79.4 Å². The number of carbonyl (C=O) groups is 1. The predicted molar refractivity (Wildman–Crippen MR) is 70.8 cm³/mol. The van der Waals surface area contributed by atoms with Crippen LogP contribution in [0.3, 0.4) is 0 Å². The van der Waals surface area contributed by atoms with Gasteiger partial charge in [0, 0.05) is 38.1 Å². The molecule has 0 radical (unpaired) electrons. The van der Waals surface area contributed by atoms with Gasteiger partial charge in [-0.2, -0.15) is 0 Å². The van der Waals surface area contributed by atoms with Crippen molar-refractivity contribution < 1.29 is 9.53 Å². The minimum Gasteiger partial charge on any atom is -0.377 e. The molecule has 1 aromatic rings. The summed E-state index contributed by atoms with van der Waals surface area (Å²) in [6.07, 6.45) is 3.55. The fraction of sp³-hybridized carbons (Fsp3) is 0.583. The van der Waals surface area contributed by atoms with Gasteiger partial charge in [0.1, 0.15) is 6.04 Å². The minimum absolute atomic E-state index is 0.0809. The quantitative estimate of drug-likeness (QED) is 0.738. The highest BCUT2D eigenvalue weighted by Crippen LogP contribution is 2.15. The molecular formula is C12H19N5O2. The van der Waals surface area contributed by atoms with E-state index in [1.807, 2.05) is 11.9 Å². The maximum Gasteiger partial charge on any atom is 0.244 e. The van der Waals surface area contributed by atoms with E-state index in [0.717, 1.165) is 12.1 Å². The lowest BCUT2D eigenvalue weighted by Gasteiger charge is -2.34. The second-order valence-electron chi connectivity index (χ2n) is 4.32. The molecule has 1 unspecified atom stereocenters. The van der Waals surface area contributed by atoms with Crippen molar-refractivity contribution in [1.29, 1.82) is 0 Å². The van der Waals surface area contributed by atoms with Gasteiger partial charge in [0.2, 0.25) is 11.9 Å². The summed E-state index contributed by atoms with van der Waals surface area (Å²) in [6, 6.07) is -0.367. The fourth-order valence-electron chi connectivity index (χ4n) is 2.02. The normalized spacial score (nSPS) is 19.3. The number of likely N-dealkylation sites (N-methyl/N-ethyl adjacent to an activating group) is 1. The second kappa shape index (κ2) is 6.44. The average Bonchev–Trinajstić information content (AvgIpc) is 2.47. The van der Waals surface area contributed by atoms with Crippen molar-refractivity contribution in [2.24, 2.45) is 0 Å². The van der Waals surface area contributed by atoms with Gasteiger partial charge in [-0.05, 0) is 7.05 Å². The highest BCUT2D eigenvalue weighted by atomic mass is 16.5. The lowest BCUT2D eigenvalue weighted by atomic mass is 10.2. The molecule has 7 heteroatoms. The van der Waals surface area contributed by atoms with Gasteiger partial charge in [-0.1, -0.05) is 0 Å². The molecule has 2 N–H and O–H groups in total. The van der Waals surface area contributed by atoms with E-state index in [2.05, 4.69) is 20.6 Å². The standard InChI is InChI=1S/C12H19N5O2/c1-13-5-9-6-15-12(16-7-9)17-3-4-19-8-10(17)11(18)14-2/h6-7,10,13H,3-5,8H2,1-2H3,(H,14,18). The molecule has 0 bridgehead atoms. The van der Waals surface area contributed by atoms with Crippen molar-refractivity contribution in [3.05, 3.63) is 18.0 Å². The molecule has 19 heavy (non-hydrogen) atoms. The summed E-state index contributed by atoms with van der Waals surface area (Å²) < 4.78 is 5.35. The van der Waals surface area contributed by atoms with Gasteiger partial charge in [0.15, 0.2) is 0 Å². The van der Waals surface area contributed by atoms with Gasteiger partial charge < -0.3 is 20.3 Å². The molecule has 1 aliphatic heterocycles. The molecule has 7 nitrogen and oxygen atoms in total. The highest BCUT2D eigenvalue weighted by Gasteiger charge is 2.30. The molecule has 0 spiro atoms. The van der Waals surface area contributed by atoms with E-state index < -0.39 is 0 Å². The highest BCUT2D eigenvalue weighted by molar-refractivity contribution is 5.84. The summed E-state index contributed by atoms with van der Waals surface area (Å²) in [5.41, 5.74) is 1.01. The zero-order valence-electron chi connectivity index (χ0n) is 11.2. The Morgan fingerprint density at radius 3 is 2.84 bits per heavy atom. The molecule has 0 aliphatic carbocycles. The van der Waals surface area contributed by atoms with Crippen LogP contribution in [0.25, 0.3) is 0 Å². The molecule has 1 amide bonds. The van der Waals surface area contributed by atoms with Gasteiger partial charge >= 0.3 is 0 Å². The molecule has 0 aromatic carbocycles. The van der Waals surface area contributed by atoms with E-state index >= 15 is 0 Å². The Balaban J connectivity index is 2.15. The van der Waals surface area contributed by atoms with Gasteiger partial charge in [0.05, 0.1) is 13.2 Å². The third-order valence-corrected chi connectivity index (χ3v) is 3.01. The fourth-order valence-corrected chi connectivity index (χ4v) is 2.02. The summed E-state index contributed by atoms with van der Waals surface area (Å²) in [4.78, 5) is 22.4. The van der Waals surface area contributed by atoms with E-state index in [1.54, 1.807) is 19.4 Å². The molecular weight excluding hydrogens is 246 g/mol. The van der Waals surface area contributed by atoms with Crippen LogP contribution >= 0.6 is 0 Å². The second-order valence-corrected chi connectivity index (χ2v) is 4.32. The monoisotopic (exact) mass is 265 g/mol. The molecule has 2 heterocycles. The predicted octanol–water partition coefficient (Wildman–Crippen LogP) is -0.853. The van der Waals surface area contributed by atoms with Crippen molar-refractivity contribution in [1.82, 2.24) is 20.6 Å². The van der Waals surface area contributed by atoms with E-state index in [4.69, 9.17) is 4.74 Å². The molecule has 1 saturated heterocycles. The van der Waals surface area contributed by atoms with Crippen LogP contribution in [0.5, 0.6) is 0 Å². The number of ether oxygens (including phenoxy) is 1. The Kier molecular flexibility index (Phi) is 4.64. The number of anilines is 1. The largest absolute Gasteiger partial charge is 0.377 e. The lowest BCUT2D eigenvalue weighted by molar-refractivity contribution is -0.124. The number of rotatable bonds is 4. The van der Waals surface area contributed by atoms with Gasteiger partial charge in [-0.15, -0.1) is 0 Å². The van der Waals surface area contributed by atoms with Gasteiger partial charge in [-0.25, -0.2) is 9.97 Å². The summed E-state index contributed by atoms with van der Waals surface area (Å²) >= 11 is 0. The molecule has 0 saturated carbocycles. The van der Waals surface area contributed by atoms with E-state index in [-0.39, 0.29) is 11.9 Å². The number of amides is 1. The third kappa shape index (κ3) is 3.18. The maximum absolute atomic E-state index is 11.8. The Bertz CT molecular complexity index is 423. The zero-order chi connectivity index (χ0) is 13.7. The molecule has 1 aliphatic rings. The first-order chi connectivity index (χ1) is 9.26. The van der Waals surface area contributed by atoms with Crippen LogP contribution in [0.2, 0.25) is 0 Å². The summed E-state index contributed by atoms with van der Waals surface area (Å²) in [7, 11) is 3.49. The summed E-state index contributed by atoms with van der Waals surface area (Å²) in [5, 5.41) is 5.68. The van der Waals surface area contributed by atoms with Crippen LogP contribution in [-0.2, 0) is 16.1 Å². The number of hydrogen-bond acceptors (Lipinski definition) is 6. The summed E-state index contributed by atoms with van der Waals surface area (Å²) in [5.74, 6) is 0.486. The SMILES string of the molecule is CNCc1cnc(N2CCOCC2C(=O)NC)nc1. The number of carbonyl (C=O) groups excluding carboxylic acids is 1. The van der Waals surface area contributed by atoms with Crippen molar-refractivity contribution >= 4 is 11.9 Å². The van der Waals surface area contributed by atoms with Crippen LogP contribution in [0.15, 0.2) is 12.4 Å². The van der Waals surface area contributed by atoms with Crippen molar-refractivity contribution in [3.8, 4) is 0 Å². The van der Waals surface area contributed by atoms with Gasteiger partial charge in [0.25, 0.3) is 0 Å². The van der Waals surface area contributed by atoms with Crippen molar-refractivity contribution in [2.75, 3.05) is 38.8 Å². The Morgan fingerprint density at radius 2 is 2.21 bits per heavy atom. The number of hydrogen-bond donors (Lipinski definition) is 2. The first kappa shape index (κ1) is 13.7. The maximum atomic E-state index is 11.8. The molecule has 1 fully saturated rings. The zero-order valence-corrected chi connectivity index (χ0v) is 11.2. The number of aromatic nitrogens is 2. The van der Waals surface area contributed by atoms with Crippen LogP contribution < -0.4 is 15.5 Å². The minimum atomic E-state index is -0.367. The Labute approximate surface area is 112 Å². The van der Waals surface area contributed by atoms with E-state index in [1.165, 1.54) is 0 Å². The molecule has 2 rings (SSSR count). The number of nitrogens with one attached hydrogen (secondary N) is 2. The van der Waals surface area contributed by atoms with Crippen molar-refractivity contribution in [3.63, 3.8) is 0 Å². The first-order valence-electron chi connectivity index (χ1n) is 6.27. The molecule has 1 atom stereocenters. The lowest BCUT2D eigenvalue weighted by Crippen LogP contribution is -2.54. The summed E-state index contributed by atoms with van der Waals surface area (Å²) in [6.45, 7) is 2.28. The first-order valence-corrected chi connectivity index (χ1v) is 6.27. The number of nitrogens with zero attached hydrogens (tertiary/aromatic N) is 3. The Morgan fingerprint density at radius 1 is 1.47 bits per heavy atom.